The molecule has 1 aromatic carbocycles. The molecule has 0 radical (unpaired) electrons. The van der Waals surface area contributed by atoms with Crippen molar-refractivity contribution in [2.45, 2.75) is 97.7 Å². The number of aromatic hydroxyl groups is 1. The lowest BCUT2D eigenvalue weighted by Gasteiger charge is -2.45. The van der Waals surface area contributed by atoms with Gasteiger partial charge in [-0.1, -0.05) is 20.3 Å². The standard InChI is InChI=1S/C37H54N2O8/c1-22(2)32-8-5-25-13-26(21-41)15-30(16-29(32)14-25)35(47-24(4)43)19-31(46-23(3)42)7-6-27-17-36(45-12-11-40)34(44)20-33(27)28-9-10-39-37(38)18-28/h9-10,17-18,20,22,25-26,29-32,35,40-41,44H,5-8,11-16,19,21H2,1-4H3,(H2,38,39). The number of nitrogen functional groups attached to an aromatic ring is 1. The van der Waals surface area contributed by atoms with Crippen LogP contribution in [-0.4, -0.2) is 64.3 Å². The molecular weight excluding hydrogens is 600 g/mol. The highest BCUT2D eigenvalue weighted by molar-refractivity contribution is 5.72. The molecule has 260 valence electrons. The summed E-state index contributed by atoms with van der Waals surface area (Å²) in [6, 6.07) is 6.86. The van der Waals surface area contributed by atoms with Crippen molar-refractivity contribution in [1.82, 2.24) is 4.98 Å². The van der Waals surface area contributed by atoms with Crippen molar-refractivity contribution in [3.8, 4) is 22.6 Å². The van der Waals surface area contributed by atoms with Crippen molar-refractivity contribution in [2.75, 3.05) is 25.6 Å². The lowest BCUT2D eigenvalue weighted by atomic mass is 9.62. The van der Waals surface area contributed by atoms with E-state index in [0.29, 0.717) is 48.8 Å². The van der Waals surface area contributed by atoms with Gasteiger partial charge in [0.1, 0.15) is 24.6 Å². The number of phenols is 1. The zero-order valence-corrected chi connectivity index (χ0v) is 28.4. The van der Waals surface area contributed by atoms with Gasteiger partial charge in [-0.05, 0) is 121 Å². The Balaban J connectivity index is 1.62. The molecule has 10 nitrogen and oxygen atoms in total. The van der Waals surface area contributed by atoms with Crippen LogP contribution in [0.15, 0.2) is 30.5 Å². The number of pyridine rings is 1. The Bertz CT molecular complexity index is 1330. The Morgan fingerprint density at radius 1 is 1.02 bits per heavy atom. The largest absolute Gasteiger partial charge is 0.504 e. The van der Waals surface area contributed by atoms with Crippen LogP contribution in [0.4, 0.5) is 5.82 Å². The second-order valence-corrected chi connectivity index (χ2v) is 14.0. The molecular formula is C37H54N2O8. The average molecular weight is 655 g/mol. The van der Waals surface area contributed by atoms with E-state index in [-0.39, 0.29) is 49.1 Å². The number of nitrogens with zero attached hydrogens (tertiary/aromatic N) is 1. The van der Waals surface area contributed by atoms with E-state index in [2.05, 4.69) is 18.8 Å². The molecule has 1 heterocycles. The number of carbonyl (C=O) groups excluding carboxylic acids is 2. The molecule has 0 saturated heterocycles. The van der Waals surface area contributed by atoms with Crippen LogP contribution in [0.2, 0.25) is 0 Å². The van der Waals surface area contributed by atoms with Crippen LogP contribution in [0.25, 0.3) is 11.1 Å². The number of nitrogens with two attached hydrogens (primary N) is 1. The Kier molecular flexibility index (Phi) is 13.3. The van der Waals surface area contributed by atoms with Gasteiger partial charge in [0.15, 0.2) is 11.5 Å². The fourth-order valence-electron chi connectivity index (χ4n) is 8.24. The number of esters is 2. The van der Waals surface area contributed by atoms with Crippen molar-refractivity contribution in [1.29, 1.82) is 0 Å². The molecule has 2 fully saturated rings. The van der Waals surface area contributed by atoms with Gasteiger partial charge in [0.05, 0.1) is 6.61 Å². The van der Waals surface area contributed by atoms with Crippen molar-refractivity contribution >= 4 is 17.8 Å². The summed E-state index contributed by atoms with van der Waals surface area (Å²) in [5.74, 6) is 2.18. The first-order chi connectivity index (χ1) is 22.5. The summed E-state index contributed by atoms with van der Waals surface area (Å²) in [6.45, 7) is 7.32. The van der Waals surface area contributed by atoms with E-state index >= 15 is 0 Å². The summed E-state index contributed by atoms with van der Waals surface area (Å²) in [5, 5.41) is 30.4. The number of benzene rings is 1. The van der Waals surface area contributed by atoms with Gasteiger partial charge in [0.25, 0.3) is 0 Å². The molecule has 47 heavy (non-hydrogen) atoms. The third-order valence-corrected chi connectivity index (χ3v) is 10.2. The predicted molar refractivity (Wildman–Crippen MR) is 179 cm³/mol. The summed E-state index contributed by atoms with van der Waals surface area (Å²) in [4.78, 5) is 29.0. The third-order valence-electron chi connectivity index (χ3n) is 10.2. The van der Waals surface area contributed by atoms with Crippen molar-refractivity contribution in [3.63, 3.8) is 0 Å². The molecule has 2 aliphatic carbocycles. The van der Waals surface area contributed by atoms with E-state index in [1.807, 2.05) is 0 Å². The second-order valence-electron chi connectivity index (χ2n) is 14.0. The topological polar surface area (TPSA) is 161 Å². The number of ether oxygens (including phenoxy) is 3. The molecule has 2 aromatic rings. The monoisotopic (exact) mass is 654 g/mol. The first kappa shape index (κ1) is 36.5. The zero-order chi connectivity index (χ0) is 34.1. The molecule has 7 unspecified atom stereocenters. The predicted octanol–water partition coefficient (Wildman–Crippen LogP) is 5.69. The Labute approximate surface area is 279 Å². The number of phenolic OH excluding ortho intramolecular Hbond substituents is 1. The second kappa shape index (κ2) is 17.2. The summed E-state index contributed by atoms with van der Waals surface area (Å²) >= 11 is 0. The van der Waals surface area contributed by atoms with Crippen molar-refractivity contribution in [3.05, 3.63) is 36.0 Å². The molecule has 4 rings (SSSR count). The molecule has 2 aliphatic rings. The molecule has 5 N–H and O–H groups in total. The van der Waals surface area contributed by atoms with Gasteiger partial charge in [0, 0.05) is 33.1 Å². The Morgan fingerprint density at radius 3 is 2.45 bits per heavy atom. The maximum absolute atomic E-state index is 12.5. The van der Waals surface area contributed by atoms with Gasteiger partial charge in [-0.25, -0.2) is 4.98 Å². The number of aromatic nitrogens is 1. The van der Waals surface area contributed by atoms with Crippen molar-refractivity contribution < 1.29 is 39.1 Å². The van der Waals surface area contributed by atoms with E-state index in [1.165, 1.54) is 26.7 Å². The van der Waals surface area contributed by atoms with Crippen LogP contribution < -0.4 is 10.5 Å². The Morgan fingerprint density at radius 2 is 1.79 bits per heavy atom. The summed E-state index contributed by atoms with van der Waals surface area (Å²) in [5.41, 5.74) is 8.28. The number of aliphatic hydroxyl groups excluding tert-OH is 2. The van der Waals surface area contributed by atoms with Gasteiger partial charge in [-0.2, -0.15) is 0 Å². The van der Waals surface area contributed by atoms with E-state index in [9.17, 15) is 24.9 Å². The lowest BCUT2D eigenvalue weighted by molar-refractivity contribution is -0.157. The number of hydrogen-bond acceptors (Lipinski definition) is 10. The first-order valence-electron chi connectivity index (χ1n) is 17.2. The molecule has 0 amide bonds. The van der Waals surface area contributed by atoms with E-state index < -0.39 is 18.2 Å². The van der Waals surface area contributed by atoms with Gasteiger partial charge >= 0.3 is 11.9 Å². The normalized spacial score (nSPS) is 24.1. The SMILES string of the molecule is CC(=O)OC(CCc1cc(OCCO)c(O)cc1-c1ccnc(N)c1)CC(OC(C)=O)C1CC(CO)CC2CCC(C(C)C)C(C2)C1. The van der Waals surface area contributed by atoms with Crippen LogP contribution in [0.5, 0.6) is 11.5 Å². The van der Waals surface area contributed by atoms with Gasteiger partial charge in [-0.3, -0.25) is 9.59 Å². The summed E-state index contributed by atoms with van der Waals surface area (Å²) < 4.78 is 17.5. The van der Waals surface area contributed by atoms with Crippen LogP contribution >= 0.6 is 0 Å². The van der Waals surface area contributed by atoms with E-state index in [1.54, 1.807) is 30.5 Å². The smallest absolute Gasteiger partial charge is 0.302 e. The van der Waals surface area contributed by atoms with Crippen LogP contribution in [0.1, 0.15) is 84.6 Å². The molecule has 2 bridgehead atoms. The third kappa shape index (κ3) is 10.3. The summed E-state index contributed by atoms with van der Waals surface area (Å²) in [6.07, 6.45) is 7.97. The molecule has 1 aromatic heterocycles. The highest BCUT2D eigenvalue weighted by Gasteiger charge is 2.40. The Hall–Kier alpha value is -3.37. The maximum Gasteiger partial charge on any atom is 0.302 e. The highest BCUT2D eigenvalue weighted by atomic mass is 16.6. The van der Waals surface area contributed by atoms with Crippen LogP contribution in [0.3, 0.4) is 0 Å². The van der Waals surface area contributed by atoms with E-state index in [0.717, 1.165) is 42.4 Å². The molecule has 0 aliphatic heterocycles. The first-order valence-corrected chi connectivity index (χ1v) is 17.2. The minimum atomic E-state index is -0.555. The maximum atomic E-state index is 12.5. The van der Waals surface area contributed by atoms with Gasteiger partial charge in [0.2, 0.25) is 0 Å². The number of anilines is 1. The number of aliphatic hydroxyl groups is 2. The van der Waals surface area contributed by atoms with Crippen LogP contribution in [-0.2, 0) is 25.5 Å². The van der Waals surface area contributed by atoms with Crippen LogP contribution in [0, 0.1) is 35.5 Å². The number of rotatable bonds is 14. The molecule has 7 atom stereocenters. The fraction of sp³-hybridized carbons (Fsp3) is 0.649. The molecule has 0 spiro atoms. The number of fused-ring (bicyclic) bond motifs is 2. The quantitative estimate of drug-likeness (QED) is 0.186. The molecule has 10 heteroatoms. The molecule has 2 saturated carbocycles. The zero-order valence-electron chi connectivity index (χ0n) is 28.4. The number of aryl methyl sites for hydroxylation is 1. The van der Waals surface area contributed by atoms with E-state index in [4.69, 9.17) is 19.9 Å². The fourth-order valence-corrected chi connectivity index (χ4v) is 8.24. The average Bonchev–Trinajstić information content (AvgIpc) is 3.00. The van der Waals surface area contributed by atoms with Crippen molar-refractivity contribution in [2.24, 2.45) is 35.5 Å². The highest BCUT2D eigenvalue weighted by Crippen LogP contribution is 2.47. The van der Waals surface area contributed by atoms with Gasteiger partial charge < -0.3 is 35.3 Å². The minimum absolute atomic E-state index is 0.0182. The number of hydrogen-bond donors (Lipinski definition) is 4. The summed E-state index contributed by atoms with van der Waals surface area (Å²) in [7, 11) is 0. The lowest BCUT2D eigenvalue weighted by Crippen LogP contribution is -2.40. The van der Waals surface area contributed by atoms with Gasteiger partial charge in [-0.15, -0.1) is 0 Å². The minimum Gasteiger partial charge on any atom is -0.504 e. The number of carbonyl (C=O) groups is 2.